The molecular weight excluding hydrogens is 184 g/mol. The molecule has 0 saturated heterocycles. The number of nitrogens with zero attached hydrogens (tertiary/aromatic N) is 1. The van der Waals surface area contributed by atoms with Gasteiger partial charge in [0, 0.05) is 19.6 Å². The van der Waals surface area contributed by atoms with Crippen LogP contribution in [0.3, 0.4) is 0 Å². The summed E-state index contributed by atoms with van der Waals surface area (Å²) >= 11 is 0. The van der Waals surface area contributed by atoms with Gasteiger partial charge in [-0.2, -0.15) is 0 Å². The maximum atomic E-state index is 5.61. The van der Waals surface area contributed by atoms with Gasteiger partial charge in [-0.15, -0.1) is 0 Å². The highest BCUT2D eigenvalue weighted by molar-refractivity contribution is 5.25. The minimum Gasteiger partial charge on any atom is -0.329 e. The van der Waals surface area contributed by atoms with Crippen molar-refractivity contribution in [1.82, 2.24) is 4.90 Å². The molecule has 0 heterocycles. The van der Waals surface area contributed by atoms with Gasteiger partial charge in [-0.25, -0.2) is 0 Å². The van der Waals surface area contributed by atoms with Crippen molar-refractivity contribution < 1.29 is 0 Å². The molecule has 0 atom stereocenters. The first-order valence-corrected chi connectivity index (χ1v) is 5.74. The molecule has 0 aromatic heterocycles. The average Bonchev–Trinajstić information content (AvgIpc) is 2.22. The fourth-order valence-electron chi connectivity index (χ4n) is 1.80. The van der Waals surface area contributed by atoms with Crippen LogP contribution < -0.4 is 5.73 Å². The summed E-state index contributed by atoms with van der Waals surface area (Å²) in [6.45, 7) is 8.26. The lowest BCUT2D eigenvalue weighted by molar-refractivity contribution is 0.273. The first-order chi connectivity index (χ1) is 7.27. The predicted molar refractivity (Wildman–Crippen MR) is 65.8 cm³/mol. The van der Waals surface area contributed by atoms with Gasteiger partial charge in [-0.3, -0.25) is 4.90 Å². The van der Waals surface area contributed by atoms with Gasteiger partial charge in [0.2, 0.25) is 0 Å². The highest BCUT2D eigenvalue weighted by Gasteiger charge is 2.05. The molecule has 15 heavy (non-hydrogen) atoms. The molecule has 1 aromatic rings. The topological polar surface area (TPSA) is 29.3 Å². The van der Waals surface area contributed by atoms with Gasteiger partial charge in [-0.1, -0.05) is 31.2 Å². The number of aryl methyl sites for hydroxylation is 1. The summed E-state index contributed by atoms with van der Waals surface area (Å²) in [5.41, 5.74) is 8.40. The predicted octanol–water partition coefficient (Wildman–Crippen LogP) is 2.17. The van der Waals surface area contributed by atoms with Gasteiger partial charge in [0.1, 0.15) is 0 Å². The summed E-state index contributed by atoms with van der Waals surface area (Å²) in [6, 6.07) is 8.57. The van der Waals surface area contributed by atoms with E-state index in [-0.39, 0.29) is 0 Å². The third kappa shape index (κ3) is 4.02. The van der Waals surface area contributed by atoms with Crippen molar-refractivity contribution in [3.8, 4) is 0 Å². The highest BCUT2D eigenvalue weighted by atomic mass is 15.1. The zero-order chi connectivity index (χ0) is 11.1. The van der Waals surface area contributed by atoms with E-state index >= 15 is 0 Å². The first-order valence-electron chi connectivity index (χ1n) is 5.74. The molecule has 0 spiro atoms. The van der Waals surface area contributed by atoms with E-state index in [1.54, 1.807) is 0 Å². The van der Waals surface area contributed by atoms with E-state index in [0.29, 0.717) is 0 Å². The molecule has 0 aliphatic heterocycles. The van der Waals surface area contributed by atoms with E-state index in [1.165, 1.54) is 17.5 Å². The normalized spacial score (nSPS) is 10.9. The van der Waals surface area contributed by atoms with Gasteiger partial charge in [-0.05, 0) is 31.0 Å². The van der Waals surface area contributed by atoms with E-state index < -0.39 is 0 Å². The zero-order valence-corrected chi connectivity index (χ0v) is 9.87. The van der Waals surface area contributed by atoms with Gasteiger partial charge in [0.15, 0.2) is 0 Å². The quantitative estimate of drug-likeness (QED) is 0.773. The lowest BCUT2D eigenvalue weighted by atomic mass is 10.1. The maximum Gasteiger partial charge on any atom is 0.0236 e. The molecule has 0 unspecified atom stereocenters. The van der Waals surface area contributed by atoms with Crippen molar-refractivity contribution in [3.63, 3.8) is 0 Å². The number of rotatable bonds is 6. The lowest BCUT2D eigenvalue weighted by Gasteiger charge is -2.21. The fourth-order valence-corrected chi connectivity index (χ4v) is 1.80. The minimum atomic E-state index is 0.742. The summed E-state index contributed by atoms with van der Waals surface area (Å²) in [5, 5.41) is 0. The van der Waals surface area contributed by atoms with Crippen LogP contribution in [0.1, 0.15) is 24.5 Å². The highest BCUT2D eigenvalue weighted by Crippen LogP contribution is 2.10. The molecule has 0 amide bonds. The average molecular weight is 206 g/mol. The Bertz CT molecular complexity index is 278. The molecular formula is C13H22N2. The van der Waals surface area contributed by atoms with Crippen LogP contribution >= 0.6 is 0 Å². The van der Waals surface area contributed by atoms with E-state index in [2.05, 4.69) is 43.0 Å². The van der Waals surface area contributed by atoms with Crippen LogP contribution in [0.2, 0.25) is 0 Å². The standard InChI is InChI=1S/C13H22N2/c1-3-9-15(10-8-14)11-13-7-5-4-6-12(13)2/h4-7H,3,8-11,14H2,1-2H3. The number of hydrogen-bond donors (Lipinski definition) is 1. The van der Waals surface area contributed by atoms with Gasteiger partial charge >= 0.3 is 0 Å². The van der Waals surface area contributed by atoms with Crippen molar-refractivity contribution in [1.29, 1.82) is 0 Å². The zero-order valence-electron chi connectivity index (χ0n) is 9.87. The third-order valence-electron chi connectivity index (χ3n) is 2.64. The van der Waals surface area contributed by atoms with E-state index in [0.717, 1.165) is 26.2 Å². The smallest absolute Gasteiger partial charge is 0.0236 e. The Kier molecular flexibility index (Phi) is 5.37. The van der Waals surface area contributed by atoms with Crippen LogP contribution in [-0.2, 0) is 6.54 Å². The summed E-state index contributed by atoms with van der Waals surface area (Å²) in [5.74, 6) is 0. The second-order valence-corrected chi connectivity index (χ2v) is 3.99. The minimum absolute atomic E-state index is 0.742. The van der Waals surface area contributed by atoms with Crippen LogP contribution in [0.25, 0.3) is 0 Å². The Morgan fingerprint density at radius 1 is 1.20 bits per heavy atom. The third-order valence-corrected chi connectivity index (χ3v) is 2.64. The molecule has 0 aliphatic carbocycles. The van der Waals surface area contributed by atoms with E-state index in [9.17, 15) is 0 Å². The molecule has 0 aliphatic rings. The summed E-state index contributed by atoms with van der Waals surface area (Å²) in [7, 11) is 0. The van der Waals surface area contributed by atoms with Gasteiger partial charge in [0.05, 0.1) is 0 Å². The van der Waals surface area contributed by atoms with Crippen LogP contribution in [-0.4, -0.2) is 24.5 Å². The lowest BCUT2D eigenvalue weighted by Crippen LogP contribution is -2.30. The van der Waals surface area contributed by atoms with Crippen LogP contribution in [0.4, 0.5) is 0 Å². The van der Waals surface area contributed by atoms with Gasteiger partial charge < -0.3 is 5.73 Å². The molecule has 0 radical (unpaired) electrons. The van der Waals surface area contributed by atoms with Crippen LogP contribution in [0.5, 0.6) is 0 Å². The molecule has 2 nitrogen and oxygen atoms in total. The number of nitrogens with two attached hydrogens (primary N) is 1. The molecule has 84 valence electrons. The van der Waals surface area contributed by atoms with Crippen LogP contribution in [0.15, 0.2) is 24.3 Å². The van der Waals surface area contributed by atoms with Crippen molar-refractivity contribution >= 4 is 0 Å². The van der Waals surface area contributed by atoms with Crippen molar-refractivity contribution in [3.05, 3.63) is 35.4 Å². The summed E-state index contributed by atoms with van der Waals surface area (Å²) < 4.78 is 0. The Hall–Kier alpha value is -0.860. The van der Waals surface area contributed by atoms with Crippen LogP contribution in [0, 0.1) is 6.92 Å². The largest absolute Gasteiger partial charge is 0.329 e. The summed E-state index contributed by atoms with van der Waals surface area (Å²) in [6.07, 6.45) is 1.19. The SMILES string of the molecule is CCCN(CCN)Cc1ccccc1C. The molecule has 2 N–H and O–H groups in total. The van der Waals surface area contributed by atoms with Crippen molar-refractivity contribution in [2.75, 3.05) is 19.6 Å². The Balaban J connectivity index is 2.60. The van der Waals surface area contributed by atoms with E-state index in [1.807, 2.05) is 0 Å². The Morgan fingerprint density at radius 2 is 1.93 bits per heavy atom. The maximum absolute atomic E-state index is 5.61. The molecule has 0 saturated carbocycles. The second-order valence-electron chi connectivity index (χ2n) is 3.99. The molecule has 2 heteroatoms. The molecule has 0 bridgehead atoms. The number of hydrogen-bond acceptors (Lipinski definition) is 2. The molecule has 1 rings (SSSR count). The second kappa shape index (κ2) is 6.59. The number of benzene rings is 1. The fraction of sp³-hybridized carbons (Fsp3) is 0.538. The van der Waals surface area contributed by atoms with Gasteiger partial charge in [0.25, 0.3) is 0 Å². The monoisotopic (exact) mass is 206 g/mol. The summed E-state index contributed by atoms with van der Waals surface area (Å²) in [4.78, 5) is 2.42. The first kappa shape index (κ1) is 12.2. The van der Waals surface area contributed by atoms with Crippen molar-refractivity contribution in [2.24, 2.45) is 5.73 Å². The molecule has 0 fully saturated rings. The van der Waals surface area contributed by atoms with Crippen molar-refractivity contribution in [2.45, 2.75) is 26.8 Å². The Morgan fingerprint density at radius 3 is 2.53 bits per heavy atom. The Labute approximate surface area is 93.1 Å². The molecule has 1 aromatic carbocycles. The van der Waals surface area contributed by atoms with E-state index in [4.69, 9.17) is 5.73 Å².